The molecule has 0 aliphatic carbocycles. The number of hydrogen-bond donors (Lipinski definition) is 1. The average Bonchev–Trinajstić information content (AvgIpc) is 3.34. The number of amides is 1. The van der Waals surface area contributed by atoms with Gasteiger partial charge in [-0.2, -0.15) is 0 Å². The molecule has 0 aliphatic heterocycles. The zero-order valence-electron chi connectivity index (χ0n) is 18.4. The second-order valence-electron chi connectivity index (χ2n) is 6.56. The lowest BCUT2D eigenvalue weighted by Crippen LogP contribution is -2.30. The highest BCUT2D eigenvalue weighted by Gasteiger charge is 2.18. The van der Waals surface area contributed by atoms with E-state index in [0.29, 0.717) is 11.3 Å². The maximum Gasteiger partial charge on any atom is 0.325 e. The van der Waals surface area contributed by atoms with Crippen LogP contribution in [0.2, 0.25) is 0 Å². The standard InChI is InChI=1S/C21H20N4O9/c1-30-15-8-13(9-16(31-2)19(15)32-3)20(27)22-10-18(26)33-11-17-23-24-21(34-17)12-4-6-14(7-5-12)25(28)29/h4-9H,10-11H2,1-3H3,(H,22,27). The number of nitro benzene ring substituents is 1. The first-order valence-electron chi connectivity index (χ1n) is 9.67. The number of benzene rings is 2. The minimum atomic E-state index is -0.740. The Bertz CT molecular complexity index is 1170. The summed E-state index contributed by atoms with van der Waals surface area (Å²) in [5.74, 6) is -0.280. The summed E-state index contributed by atoms with van der Waals surface area (Å²) in [7, 11) is 4.27. The molecule has 1 heterocycles. The van der Waals surface area contributed by atoms with Gasteiger partial charge in [-0.25, -0.2) is 0 Å². The number of ether oxygens (including phenoxy) is 4. The van der Waals surface area contributed by atoms with E-state index in [1.165, 1.54) is 57.7 Å². The smallest absolute Gasteiger partial charge is 0.325 e. The maximum absolute atomic E-state index is 12.4. The fourth-order valence-electron chi connectivity index (χ4n) is 2.81. The van der Waals surface area contributed by atoms with Crippen molar-refractivity contribution >= 4 is 17.6 Å². The van der Waals surface area contributed by atoms with Gasteiger partial charge in [0.15, 0.2) is 18.1 Å². The maximum atomic E-state index is 12.4. The van der Waals surface area contributed by atoms with Crippen LogP contribution in [0.5, 0.6) is 17.2 Å². The number of esters is 1. The molecule has 13 heteroatoms. The fraction of sp³-hybridized carbons (Fsp3) is 0.238. The van der Waals surface area contributed by atoms with Crippen LogP contribution in [0, 0.1) is 10.1 Å². The molecule has 0 aliphatic rings. The van der Waals surface area contributed by atoms with Crippen LogP contribution in [0.1, 0.15) is 16.2 Å². The molecule has 2 aromatic carbocycles. The minimum absolute atomic E-state index is 0.0117. The van der Waals surface area contributed by atoms with Crippen LogP contribution < -0.4 is 19.5 Å². The Morgan fingerprint density at radius 1 is 1.03 bits per heavy atom. The van der Waals surface area contributed by atoms with Crippen molar-refractivity contribution < 1.29 is 37.9 Å². The van der Waals surface area contributed by atoms with Crippen LogP contribution in [-0.2, 0) is 16.1 Å². The largest absolute Gasteiger partial charge is 0.493 e. The average molecular weight is 472 g/mol. The second kappa shape index (κ2) is 10.8. The van der Waals surface area contributed by atoms with Gasteiger partial charge in [-0.3, -0.25) is 19.7 Å². The number of aromatic nitrogens is 2. The molecule has 3 aromatic rings. The minimum Gasteiger partial charge on any atom is -0.493 e. The first-order chi connectivity index (χ1) is 16.4. The SMILES string of the molecule is COc1cc(C(=O)NCC(=O)OCc2nnc(-c3ccc([N+](=O)[O-])cc3)o2)cc(OC)c1OC. The lowest BCUT2D eigenvalue weighted by molar-refractivity contribution is -0.384. The Morgan fingerprint density at radius 3 is 2.24 bits per heavy atom. The third-order valence-electron chi connectivity index (χ3n) is 4.47. The molecule has 0 bridgehead atoms. The van der Waals surface area contributed by atoms with Gasteiger partial charge in [0.1, 0.15) is 6.54 Å². The molecule has 0 atom stereocenters. The third-order valence-corrected chi connectivity index (χ3v) is 4.47. The van der Waals surface area contributed by atoms with Crippen LogP contribution in [0.15, 0.2) is 40.8 Å². The summed E-state index contributed by atoms with van der Waals surface area (Å²) < 4.78 is 26.0. The van der Waals surface area contributed by atoms with E-state index in [2.05, 4.69) is 15.5 Å². The van der Waals surface area contributed by atoms with E-state index in [0.717, 1.165) is 0 Å². The van der Waals surface area contributed by atoms with E-state index >= 15 is 0 Å². The Hall–Kier alpha value is -4.68. The number of carbonyl (C=O) groups is 2. The highest BCUT2D eigenvalue weighted by molar-refractivity contribution is 5.97. The van der Waals surface area contributed by atoms with Gasteiger partial charge < -0.3 is 28.7 Å². The number of methoxy groups -OCH3 is 3. The van der Waals surface area contributed by atoms with Gasteiger partial charge in [-0.15, -0.1) is 10.2 Å². The number of hydrogen-bond acceptors (Lipinski definition) is 11. The molecular weight excluding hydrogens is 452 g/mol. The summed E-state index contributed by atoms with van der Waals surface area (Å²) in [4.78, 5) is 34.6. The second-order valence-corrected chi connectivity index (χ2v) is 6.56. The highest BCUT2D eigenvalue weighted by atomic mass is 16.6. The summed E-state index contributed by atoms with van der Waals surface area (Å²) in [6.07, 6.45) is 0. The molecular formula is C21H20N4O9. The molecule has 0 fully saturated rings. The molecule has 0 unspecified atom stereocenters. The fourth-order valence-corrected chi connectivity index (χ4v) is 2.81. The van der Waals surface area contributed by atoms with E-state index in [4.69, 9.17) is 23.4 Å². The van der Waals surface area contributed by atoms with Crippen LogP contribution in [-0.4, -0.2) is 54.9 Å². The molecule has 0 saturated heterocycles. The van der Waals surface area contributed by atoms with Crippen LogP contribution in [0.4, 0.5) is 5.69 Å². The Balaban J connectivity index is 1.54. The number of rotatable bonds is 10. The van der Waals surface area contributed by atoms with Gasteiger partial charge in [0.25, 0.3) is 17.5 Å². The first kappa shape index (κ1) is 24.0. The van der Waals surface area contributed by atoms with Crippen molar-refractivity contribution in [3.05, 3.63) is 58.0 Å². The van der Waals surface area contributed by atoms with Gasteiger partial charge in [-0.1, -0.05) is 0 Å². The van der Waals surface area contributed by atoms with E-state index in [-0.39, 0.29) is 41.1 Å². The van der Waals surface area contributed by atoms with Crippen molar-refractivity contribution in [1.29, 1.82) is 0 Å². The van der Waals surface area contributed by atoms with Crippen molar-refractivity contribution in [2.24, 2.45) is 0 Å². The zero-order chi connectivity index (χ0) is 24.7. The summed E-state index contributed by atoms with van der Waals surface area (Å²) in [5.41, 5.74) is 0.575. The lowest BCUT2D eigenvalue weighted by atomic mass is 10.1. The number of non-ortho nitro benzene ring substituents is 1. The van der Waals surface area contributed by atoms with Gasteiger partial charge in [-0.05, 0) is 24.3 Å². The Kier molecular flexibility index (Phi) is 7.59. The molecule has 1 aromatic heterocycles. The molecule has 13 nitrogen and oxygen atoms in total. The zero-order valence-corrected chi connectivity index (χ0v) is 18.4. The first-order valence-corrected chi connectivity index (χ1v) is 9.67. The number of nitrogens with zero attached hydrogens (tertiary/aromatic N) is 3. The van der Waals surface area contributed by atoms with E-state index in [9.17, 15) is 19.7 Å². The molecule has 1 N–H and O–H groups in total. The number of nitro groups is 1. The summed E-state index contributed by atoms with van der Waals surface area (Å²) in [6.45, 7) is -0.738. The van der Waals surface area contributed by atoms with Crippen LogP contribution in [0.25, 0.3) is 11.5 Å². The normalized spacial score (nSPS) is 10.3. The van der Waals surface area contributed by atoms with E-state index < -0.39 is 23.3 Å². The summed E-state index contributed by atoms with van der Waals surface area (Å²) >= 11 is 0. The van der Waals surface area contributed by atoms with Crippen molar-refractivity contribution in [3.63, 3.8) is 0 Å². The van der Waals surface area contributed by atoms with Gasteiger partial charge in [0.2, 0.25) is 11.6 Å². The summed E-state index contributed by atoms with van der Waals surface area (Å²) in [6, 6.07) is 8.41. The molecule has 0 saturated carbocycles. The van der Waals surface area contributed by atoms with Crippen molar-refractivity contribution in [1.82, 2.24) is 15.5 Å². The monoisotopic (exact) mass is 472 g/mol. The number of nitrogens with one attached hydrogen (secondary N) is 1. The van der Waals surface area contributed by atoms with E-state index in [1.807, 2.05) is 0 Å². The third kappa shape index (κ3) is 5.56. The predicted octanol–water partition coefficient (Wildman–Crippen LogP) is 2.14. The quantitative estimate of drug-likeness (QED) is 0.261. The molecule has 3 rings (SSSR count). The predicted molar refractivity (Wildman–Crippen MR) is 115 cm³/mol. The molecule has 0 spiro atoms. The van der Waals surface area contributed by atoms with Crippen LogP contribution >= 0.6 is 0 Å². The molecule has 34 heavy (non-hydrogen) atoms. The van der Waals surface area contributed by atoms with Gasteiger partial charge in [0.05, 0.1) is 26.3 Å². The number of carbonyl (C=O) groups excluding carboxylic acids is 2. The van der Waals surface area contributed by atoms with Gasteiger partial charge in [0, 0.05) is 23.3 Å². The molecule has 1 amide bonds. The Morgan fingerprint density at radius 2 is 1.68 bits per heavy atom. The van der Waals surface area contributed by atoms with E-state index in [1.54, 1.807) is 0 Å². The van der Waals surface area contributed by atoms with Gasteiger partial charge >= 0.3 is 5.97 Å². The topological polar surface area (TPSA) is 165 Å². The Labute approximate surface area is 192 Å². The summed E-state index contributed by atoms with van der Waals surface area (Å²) in [5, 5.41) is 20.7. The molecule has 178 valence electrons. The van der Waals surface area contributed by atoms with Crippen molar-refractivity contribution in [3.8, 4) is 28.7 Å². The highest BCUT2D eigenvalue weighted by Crippen LogP contribution is 2.38. The van der Waals surface area contributed by atoms with Crippen molar-refractivity contribution in [2.45, 2.75) is 6.61 Å². The van der Waals surface area contributed by atoms with Crippen molar-refractivity contribution in [2.75, 3.05) is 27.9 Å². The molecule has 0 radical (unpaired) electrons. The van der Waals surface area contributed by atoms with Crippen LogP contribution in [0.3, 0.4) is 0 Å². The lowest BCUT2D eigenvalue weighted by Gasteiger charge is -2.14.